The maximum absolute atomic E-state index is 10.7. The quantitative estimate of drug-likeness (QED) is 0.886. The fraction of sp³-hybridized carbons (Fsp3) is 0.182. The van der Waals surface area contributed by atoms with Crippen molar-refractivity contribution in [2.75, 3.05) is 0 Å². The number of carboxylic acids is 1. The van der Waals surface area contributed by atoms with Crippen LogP contribution in [0.25, 0.3) is 11.4 Å². The third-order valence-electron chi connectivity index (χ3n) is 2.23. The summed E-state index contributed by atoms with van der Waals surface area (Å²) in [6.07, 6.45) is 0.977. The number of hydrogen-bond acceptors (Lipinski definition) is 4. The average molecular weight is 234 g/mol. The summed E-state index contributed by atoms with van der Waals surface area (Å²) in [4.78, 5) is 14.6. The Morgan fingerprint density at radius 2 is 2.06 bits per heavy atom. The van der Waals surface area contributed by atoms with Gasteiger partial charge >= 0.3 is 5.97 Å². The highest BCUT2D eigenvalue weighted by molar-refractivity contribution is 7.07. The molecule has 0 amide bonds. The molecule has 5 heteroatoms. The Morgan fingerprint density at radius 3 is 2.56 bits per heavy atom. The van der Waals surface area contributed by atoms with Crippen LogP contribution in [-0.2, 0) is 6.42 Å². The molecule has 4 nitrogen and oxygen atoms in total. The largest absolute Gasteiger partial charge is 0.476 e. The Morgan fingerprint density at radius 1 is 1.38 bits per heavy atom. The molecule has 82 valence electrons. The van der Waals surface area contributed by atoms with Crippen LogP contribution in [0, 0.1) is 0 Å². The van der Waals surface area contributed by atoms with E-state index in [1.807, 2.05) is 24.3 Å². The predicted molar refractivity (Wildman–Crippen MR) is 61.7 cm³/mol. The van der Waals surface area contributed by atoms with Crippen molar-refractivity contribution >= 4 is 17.5 Å². The van der Waals surface area contributed by atoms with Crippen molar-refractivity contribution in [2.45, 2.75) is 13.3 Å². The van der Waals surface area contributed by atoms with E-state index in [1.165, 1.54) is 5.56 Å². The summed E-state index contributed by atoms with van der Waals surface area (Å²) in [5.74, 6) is -0.556. The van der Waals surface area contributed by atoms with Crippen LogP contribution < -0.4 is 0 Å². The average Bonchev–Trinajstić information content (AvgIpc) is 2.78. The zero-order valence-electron chi connectivity index (χ0n) is 8.67. The van der Waals surface area contributed by atoms with E-state index in [2.05, 4.69) is 16.3 Å². The molecule has 2 aromatic rings. The molecule has 0 aliphatic carbocycles. The molecule has 0 radical (unpaired) electrons. The highest BCUT2D eigenvalue weighted by atomic mass is 32.1. The summed E-state index contributed by atoms with van der Waals surface area (Å²) in [5, 5.41) is 8.76. The molecule has 0 saturated carbocycles. The normalized spacial score (nSPS) is 10.3. The Kier molecular flexibility index (Phi) is 2.96. The molecular formula is C11H10N2O2S. The van der Waals surface area contributed by atoms with Gasteiger partial charge in [-0.1, -0.05) is 31.2 Å². The topological polar surface area (TPSA) is 63.1 Å². The first-order valence-electron chi connectivity index (χ1n) is 4.87. The molecule has 2 rings (SSSR count). The number of nitrogens with zero attached hydrogens (tertiary/aromatic N) is 2. The molecule has 1 aromatic heterocycles. The molecule has 1 heterocycles. The van der Waals surface area contributed by atoms with Crippen LogP contribution in [0.5, 0.6) is 0 Å². The fourth-order valence-electron chi connectivity index (χ4n) is 1.32. The SMILES string of the molecule is CCc1ccc(-c2nsc(C(=O)O)n2)cc1. The minimum Gasteiger partial charge on any atom is -0.476 e. The van der Waals surface area contributed by atoms with Crippen molar-refractivity contribution in [1.82, 2.24) is 9.36 Å². The fourth-order valence-corrected chi connectivity index (χ4v) is 1.84. The summed E-state index contributed by atoms with van der Waals surface area (Å²) < 4.78 is 4.01. The predicted octanol–water partition coefficient (Wildman–Crippen LogP) is 2.47. The van der Waals surface area contributed by atoms with Gasteiger partial charge in [0, 0.05) is 5.56 Å². The van der Waals surface area contributed by atoms with Gasteiger partial charge in [0.15, 0.2) is 5.82 Å². The van der Waals surface area contributed by atoms with Crippen LogP contribution in [0.3, 0.4) is 0 Å². The minimum atomic E-state index is -1.03. The minimum absolute atomic E-state index is 0.0227. The lowest BCUT2D eigenvalue weighted by Gasteiger charge is -1.97. The molecule has 0 aliphatic rings. The zero-order valence-corrected chi connectivity index (χ0v) is 9.49. The first kappa shape index (κ1) is 10.8. The highest BCUT2D eigenvalue weighted by Gasteiger charge is 2.11. The van der Waals surface area contributed by atoms with Gasteiger partial charge in [0.2, 0.25) is 5.01 Å². The van der Waals surface area contributed by atoms with Gasteiger partial charge in [-0.05, 0) is 23.5 Å². The Bertz CT molecular complexity index is 505. The number of hydrogen-bond donors (Lipinski definition) is 1. The van der Waals surface area contributed by atoms with E-state index in [0.717, 1.165) is 23.5 Å². The van der Waals surface area contributed by atoms with Gasteiger partial charge in [-0.25, -0.2) is 9.78 Å². The molecule has 0 fully saturated rings. The van der Waals surface area contributed by atoms with E-state index in [1.54, 1.807) is 0 Å². The van der Waals surface area contributed by atoms with Gasteiger partial charge in [-0.15, -0.1) is 0 Å². The third-order valence-corrected chi connectivity index (χ3v) is 2.93. The van der Waals surface area contributed by atoms with Crippen LogP contribution in [-0.4, -0.2) is 20.4 Å². The van der Waals surface area contributed by atoms with Crippen molar-refractivity contribution in [2.24, 2.45) is 0 Å². The Hall–Kier alpha value is -1.75. The number of carboxylic acid groups (broad SMARTS) is 1. The maximum Gasteiger partial charge on any atom is 0.366 e. The van der Waals surface area contributed by atoms with E-state index in [-0.39, 0.29) is 5.01 Å². The van der Waals surface area contributed by atoms with E-state index < -0.39 is 5.97 Å². The maximum atomic E-state index is 10.7. The lowest BCUT2D eigenvalue weighted by molar-refractivity contribution is 0.0696. The van der Waals surface area contributed by atoms with Gasteiger partial charge in [-0.3, -0.25) is 0 Å². The van der Waals surface area contributed by atoms with E-state index in [4.69, 9.17) is 5.11 Å². The van der Waals surface area contributed by atoms with Crippen molar-refractivity contribution in [3.8, 4) is 11.4 Å². The first-order chi connectivity index (χ1) is 7.70. The second-order valence-corrected chi connectivity index (χ2v) is 4.03. The molecule has 1 aromatic carbocycles. The van der Waals surface area contributed by atoms with Gasteiger partial charge < -0.3 is 5.11 Å². The molecule has 0 aliphatic heterocycles. The number of aryl methyl sites for hydroxylation is 1. The van der Waals surface area contributed by atoms with Crippen molar-refractivity contribution in [3.63, 3.8) is 0 Å². The second kappa shape index (κ2) is 4.40. The highest BCUT2D eigenvalue weighted by Crippen LogP contribution is 2.18. The summed E-state index contributed by atoms with van der Waals surface area (Å²) in [6, 6.07) is 7.81. The van der Waals surface area contributed by atoms with Crippen LogP contribution in [0.4, 0.5) is 0 Å². The Balaban J connectivity index is 2.31. The first-order valence-corrected chi connectivity index (χ1v) is 5.64. The van der Waals surface area contributed by atoms with Crippen LogP contribution in [0.2, 0.25) is 0 Å². The molecular weight excluding hydrogens is 224 g/mol. The monoisotopic (exact) mass is 234 g/mol. The number of aromatic nitrogens is 2. The molecule has 0 atom stereocenters. The van der Waals surface area contributed by atoms with Gasteiger partial charge in [-0.2, -0.15) is 4.37 Å². The number of benzene rings is 1. The van der Waals surface area contributed by atoms with Crippen molar-refractivity contribution in [3.05, 3.63) is 34.8 Å². The molecule has 0 bridgehead atoms. The lowest BCUT2D eigenvalue weighted by atomic mass is 10.1. The van der Waals surface area contributed by atoms with Crippen LogP contribution in [0.15, 0.2) is 24.3 Å². The Labute approximate surface area is 96.8 Å². The molecule has 0 saturated heterocycles. The zero-order chi connectivity index (χ0) is 11.5. The molecule has 0 spiro atoms. The summed E-state index contributed by atoms with van der Waals surface area (Å²) in [5.41, 5.74) is 2.08. The second-order valence-electron chi connectivity index (χ2n) is 3.28. The van der Waals surface area contributed by atoms with Crippen LogP contribution >= 0.6 is 11.5 Å². The number of aromatic carboxylic acids is 1. The summed E-state index contributed by atoms with van der Waals surface area (Å²) >= 11 is 0.902. The van der Waals surface area contributed by atoms with Gasteiger partial charge in [0.25, 0.3) is 0 Å². The molecule has 1 N–H and O–H groups in total. The van der Waals surface area contributed by atoms with Crippen LogP contribution in [0.1, 0.15) is 22.3 Å². The van der Waals surface area contributed by atoms with E-state index in [9.17, 15) is 4.79 Å². The lowest BCUT2D eigenvalue weighted by Crippen LogP contribution is -1.94. The third kappa shape index (κ3) is 2.09. The van der Waals surface area contributed by atoms with E-state index in [0.29, 0.717) is 5.82 Å². The van der Waals surface area contributed by atoms with Crippen molar-refractivity contribution in [1.29, 1.82) is 0 Å². The summed E-state index contributed by atoms with van der Waals surface area (Å²) in [7, 11) is 0. The van der Waals surface area contributed by atoms with Gasteiger partial charge in [0.1, 0.15) is 0 Å². The smallest absolute Gasteiger partial charge is 0.366 e. The number of carbonyl (C=O) groups is 1. The van der Waals surface area contributed by atoms with E-state index >= 15 is 0 Å². The van der Waals surface area contributed by atoms with Crippen molar-refractivity contribution < 1.29 is 9.90 Å². The molecule has 0 unspecified atom stereocenters. The van der Waals surface area contributed by atoms with Gasteiger partial charge in [0.05, 0.1) is 0 Å². The standard InChI is InChI=1S/C11H10N2O2S/c1-2-7-3-5-8(6-4-7)9-12-10(11(14)15)16-13-9/h3-6H,2H2,1H3,(H,14,15). The molecule has 16 heavy (non-hydrogen) atoms. The summed E-state index contributed by atoms with van der Waals surface area (Å²) in [6.45, 7) is 2.08. The number of rotatable bonds is 3.